The lowest BCUT2D eigenvalue weighted by Crippen LogP contribution is -2.03. The van der Waals surface area contributed by atoms with Crippen LogP contribution in [0.1, 0.15) is 12.7 Å². The van der Waals surface area contributed by atoms with E-state index in [1.165, 1.54) is 11.8 Å². The van der Waals surface area contributed by atoms with Gasteiger partial charge in [-0.05, 0) is 65.9 Å². The third-order valence-corrected chi connectivity index (χ3v) is 6.27. The fraction of sp³-hybridized carbons (Fsp3) is 0.125. The van der Waals surface area contributed by atoms with E-state index in [9.17, 15) is 0 Å². The van der Waals surface area contributed by atoms with Gasteiger partial charge in [-0.2, -0.15) is 4.68 Å². The van der Waals surface area contributed by atoms with Gasteiger partial charge in [0.25, 0.3) is 0 Å². The number of hydrogen-bond donors (Lipinski definition) is 0. The van der Waals surface area contributed by atoms with E-state index in [2.05, 4.69) is 25.7 Å². The molecule has 0 saturated heterocycles. The van der Waals surface area contributed by atoms with Crippen LogP contribution in [-0.2, 0) is 5.75 Å². The molecular formula is C24H20ClN7OS. The fourth-order valence-corrected chi connectivity index (χ4v) is 4.54. The van der Waals surface area contributed by atoms with Crippen molar-refractivity contribution in [3.63, 3.8) is 0 Å². The molecule has 0 unspecified atom stereocenters. The molecular weight excluding hydrogens is 470 g/mol. The molecule has 0 amide bonds. The summed E-state index contributed by atoms with van der Waals surface area (Å²) >= 11 is 8.00. The SMILES string of the molecule is CCOc1ccc(-n2c(SCc3nnnn3-c3ccccc3)nnc2-c2ccccc2Cl)cc1. The zero-order valence-electron chi connectivity index (χ0n) is 18.2. The molecule has 8 nitrogen and oxygen atoms in total. The zero-order valence-corrected chi connectivity index (χ0v) is 19.8. The van der Waals surface area contributed by atoms with Crippen LogP contribution in [-0.4, -0.2) is 41.6 Å². The summed E-state index contributed by atoms with van der Waals surface area (Å²) in [4.78, 5) is 0. The Morgan fingerprint density at radius 2 is 1.62 bits per heavy atom. The summed E-state index contributed by atoms with van der Waals surface area (Å²) in [6, 6.07) is 25.2. The second kappa shape index (κ2) is 10.1. The number of thioether (sulfide) groups is 1. The van der Waals surface area contributed by atoms with Gasteiger partial charge < -0.3 is 4.74 Å². The lowest BCUT2D eigenvalue weighted by molar-refractivity contribution is 0.340. The van der Waals surface area contributed by atoms with Crippen molar-refractivity contribution in [2.24, 2.45) is 0 Å². The number of benzene rings is 3. The number of hydrogen-bond acceptors (Lipinski definition) is 7. The first-order valence-corrected chi connectivity index (χ1v) is 12.0. The van der Waals surface area contributed by atoms with E-state index in [1.54, 1.807) is 4.68 Å². The van der Waals surface area contributed by atoms with Gasteiger partial charge in [-0.15, -0.1) is 15.3 Å². The molecule has 0 N–H and O–H groups in total. The van der Waals surface area contributed by atoms with E-state index in [4.69, 9.17) is 16.3 Å². The molecule has 5 aromatic rings. The highest BCUT2D eigenvalue weighted by Crippen LogP contribution is 2.33. The average Bonchev–Trinajstić information content (AvgIpc) is 3.51. The van der Waals surface area contributed by atoms with Crippen molar-refractivity contribution >= 4 is 23.4 Å². The first-order chi connectivity index (χ1) is 16.7. The predicted octanol–water partition coefficient (Wildman–Crippen LogP) is 5.25. The largest absolute Gasteiger partial charge is 0.494 e. The molecule has 0 atom stereocenters. The Balaban J connectivity index is 1.51. The van der Waals surface area contributed by atoms with Gasteiger partial charge in [0.05, 0.1) is 23.1 Å². The minimum atomic E-state index is 0.500. The maximum Gasteiger partial charge on any atom is 0.196 e. The molecule has 0 spiro atoms. The van der Waals surface area contributed by atoms with Crippen molar-refractivity contribution in [1.29, 1.82) is 0 Å². The summed E-state index contributed by atoms with van der Waals surface area (Å²) in [7, 11) is 0. The fourth-order valence-electron chi connectivity index (χ4n) is 3.47. The molecule has 2 heterocycles. The number of ether oxygens (including phenoxy) is 1. The minimum Gasteiger partial charge on any atom is -0.494 e. The summed E-state index contributed by atoms with van der Waals surface area (Å²) in [5.41, 5.74) is 2.59. The number of tetrazole rings is 1. The smallest absolute Gasteiger partial charge is 0.196 e. The van der Waals surface area contributed by atoms with Gasteiger partial charge >= 0.3 is 0 Å². The Morgan fingerprint density at radius 3 is 2.38 bits per heavy atom. The predicted molar refractivity (Wildman–Crippen MR) is 132 cm³/mol. The van der Waals surface area contributed by atoms with Crippen molar-refractivity contribution in [3.8, 4) is 28.5 Å². The quantitative estimate of drug-likeness (QED) is 0.275. The van der Waals surface area contributed by atoms with Gasteiger partial charge in [-0.3, -0.25) is 4.57 Å². The minimum absolute atomic E-state index is 0.500. The molecule has 0 fully saturated rings. The van der Waals surface area contributed by atoms with E-state index in [0.717, 1.165) is 22.7 Å². The Labute approximate surface area is 205 Å². The number of rotatable bonds is 8. The van der Waals surface area contributed by atoms with Crippen LogP contribution >= 0.6 is 23.4 Å². The van der Waals surface area contributed by atoms with Gasteiger partial charge in [0.15, 0.2) is 16.8 Å². The molecule has 0 bridgehead atoms. The van der Waals surface area contributed by atoms with E-state index in [1.807, 2.05) is 90.4 Å². The molecule has 0 saturated carbocycles. The van der Waals surface area contributed by atoms with Crippen molar-refractivity contribution in [1.82, 2.24) is 35.0 Å². The lowest BCUT2D eigenvalue weighted by atomic mass is 10.2. The molecule has 0 radical (unpaired) electrons. The highest BCUT2D eigenvalue weighted by molar-refractivity contribution is 7.98. The molecule has 0 aliphatic rings. The Hall–Kier alpha value is -3.69. The number of nitrogens with zero attached hydrogens (tertiary/aromatic N) is 7. The first kappa shape index (κ1) is 22.1. The van der Waals surface area contributed by atoms with Crippen LogP contribution in [0, 0.1) is 0 Å². The molecule has 0 aliphatic carbocycles. The van der Waals surface area contributed by atoms with Crippen molar-refractivity contribution in [2.75, 3.05) is 6.61 Å². The summed E-state index contributed by atoms with van der Waals surface area (Å²) < 4.78 is 9.31. The first-order valence-electron chi connectivity index (χ1n) is 10.6. The summed E-state index contributed by atoms with van der Waals surface area (Å²) in [6.07, 6.45) is 0. The van der Waals surface area contributed by atoms with Gasteiger partial charge in [0.2, 0.25) is 0 Å². The van der Waals surface area contributed by atoms with E-state index < -0.39 is 0 Å². The maximum absolute atomic E-state index is 6.50. The van der Waals surface area contributed by atoms with E-state index in [0.29, 0.717) is 34.2 Å². The summed E-state index contributed by atoms with van der Waals surface area (Å²) in [5, 5.41) is 22.5. The van der Waals surface area contributed by atoms with E-state index in [-0.39, 0.29) is 0 Å². The van der Waals surface area contributed by atoms with Gasteiger partial charge in [0, 0.05) is 11.3 Å². The third-order valence-electron chi connectivity index (χ3n) is 5.02. The monoisotopic (exact) mass is 489 g/mol. The molecule has 10 heteroatoms. The van der Waals surface area contributed by atoms with Crippen LogP contribution in [0.3, 0.4) is 0 Å². The number of aromatic nitrogens is 7. The highest BCUT2D eigenvalue weighted by Gasteiger charge is 2.19. The number of para-hydroxylation sites is 1. The lowest BCUT2D eigenvalue weighted by Gasteiger charge is -2.12. The van der Waals surface area contributed by atoms with Crippen molar-refractivity contribution < 1.29 is 4.74 Å². The molecule has 0 aliphatic heterocycles. The molecule has 170 valence electrons. The topological polar surface area (TPSA) is 83.5 Å². The second-order valence-electron chi connectivity index (χ2n) is 7.18. The van der Waals surface area contributed by atoms with Crippen LogP contribution < -0.4 is 4.74 Å². The number of halogens is 1. The second-order valence-corrected chi connectivity index (χ2v) is 8.53. The molecule has 3 aromatic carbocycles. The van der Waals surface area contributed by atoms with Crippen molar-refractivity contribution in [3.05, 3.63) is 89.7 Å². The van der Waals surface area contributed by atoms with E-state index >= 15 is 0 Å². The summed E-state index contributed by atoms with van der Waals surface area (Å²) in [5.74, 6) is 2.66. The molecule has 34 heavy (non-hydrogen) atoms. The highest BCUT2D eigenvalue weighted by atomic mass is 35.5. The van der Waals surface area contributed by atoms with Crippen LogP contribution in [0.4, 0.5) is 0 Å². The molecule has 2 aromatic heterocycles. The van der Waals surface area contributed by atoms with Crippen LogP contribution in [0.25, 0.3) is 22.8 Å². The zero-order chi connectivity index (χ0) is 23.3. The van der Waals surface area contributed by atoms with Crippen LogP contribution in [0.5, 0.6) is 5.75 Å². The average molecular weight is 490 g/mol. The molecule has 5 rings (SSSR count). The summed E-state index contributed by atoms with van der Waals surface area (Å²) in [6.45, 7) is 2.56. The Bertz CT molecular complexity index is 1390. The van der Waals surface area contributed by atoms with Gasteiger partial charge in [-0.1, -0.05) is 53.7 Å². The van der Waals surface area contributed by atoms with Crippen LogP contribution in [0.2, 0.25) is 5.02 Å². The third kappa shape index (κ3) is 4.52. The van der Waals surface area contributed by atoms with Gasteiger partial charge in [0.1, 0.15) is 5.75 Å². The standard InChI is InChI=1S/C24H20ClN7OS/c1-2-33-19-14-12-17(13-15-19)31-23(20-10-6-7-11-21(20)25)27-28-24(31)34-16-22-26-29-30-32(22)18-8-4-3-5-9-18/h3-15H,2,16H2,1H3. The maximum atomic E-state index is 6.50. The normalized spacial score (nSPS) is 11.0. The van der Waals surface area contributed by atoms with Crippen LogP contribution in [0.15, 0.2) is 84.0 Å². The van der Waals surface area contributed by atoms with Gasteiger partial charge in [-0.25, -0.2) is 0 Å². The van der Waals surface area contributed by atoms with Crippen molar-refractivity contribution in [2.45, 2.75) is 17.8 Å². The Morgan fingerprint density at radius 1 is 0.853 bits per heavy atom. The Kier molecular flexibility index (Phi) is 6.55.